The molecule has 2 aromatic carbocycles. The van der Waals surface area contributed by atoms with Gasteiger partial charge in [0, 0.05) is 30.8 Å². The van der Waals surface area contributed by atoms with Gasteiger partial charge in [0.25, 0.3) is 0 Å². The fourth-order valence-electron chi connectivity index (χ4n) is 5.12. The van der Waals surface area contributed by atoms with Crippen molar-refractivity contribution < 1.29 is 24.2 Å². The highest BCUT2D eigenvalue weighted by Gasteiger charge is 2.31. The number of fused-ring (bicyclic) bond motifs is 3. The molecule has 2 atom stereocenters. The van der Waals surface area contributed by atoms with Gasteiger partial charge in [0.15, 0.2) is 0 Å². The molecule has 1 fully saturated rings. The van der Waals surface area contributed by atoms with Gasteiger partial charge in [-0.2, -0.15) is 0 Å². The summed E-state index contributed by atoms with van der Waals surface area (Å²) in [5.41, 5.74) is 4.73. The molecule has 0 radical (unpaired) electrons. The molecule has 0 spiro atoms. The van der Waals surface area contributed by atoms with E-state index in [-0.39, 0.29) is 36.8 Å². The van der Waals surface area contributed by atoms with Crippen molar-refractivity contribution in [3.8, 4) is 11.1 Å². The second-order valence-electron chi connectivity index (χ2n) is 9.17. The van der Waals surface area contributed by atoms with Crippen molar-refractivity contribution in [3.05, 3.63) is 59.7 Å². The van der Waals surface area contributed by atoms with E-state index in [9.17, 15) is 14.4 Å². The number of carbonyl (C=O) groups is 3. The van der Waals surface area contributed by atoms with Crippen LogP contribution in [-0.4, -0.2) is 42.3 Å². The van der Waals surface area contributed by atoms with Crippen LogP contribution in [0.3, 0.4) is 0 Å². The van der Waals surface area contributed by atoms with Gasteiger partial charge in [-0.25, -0.2) is 4.79 Å². The molecule has 1 saturated carbocycles. The average Bonchev–Trinajstić information content (AvgIpc) is 3.16. The summed E-state index contributed by atoms with van der Waals surface area (Å²) in [6, 6.07) is 16.4. The Kier molecular flexibility index (Phi) is 7.83. The van der Waals surface area contributed by atoms with Crippen LogP contribution in [-0.2, 0) is 14.3 Å². The number of ether oxygens (including phenoxy) is 1. The van der Waals surface area contributed by atoms with E-state index in [0.29, 0.717) is 25.8 Å². The van der Waals surface area contributed by atoms with Gasteiger partial charge < -0.3 is 20.5 Å². The number of hydrogen-bond acceptors (Lipinski definition) is 4. The maximum absolute atomic E-state index is 12.6. The van der Waals surface area contributed by atoms with E-state index in [1.54, 1.807) is 0 Å². The summed E-state index contributed by atoms with van der Waals surface area (Å²) in [5, 5.41) is 14.5. The standard InChI is InChI=1S/C27H32N2O5/c30-25(31)14-5-6-15-28-26(32)18-8-7-9-19(16-18)29-27(33)34-17-24-22-12-3-1-10-20(22)21-11-2-4-13-23(21)24/h1-4,10-13,18-19,24H,5-9,14-17H2,(H,28,32)(H,29,33)(H,30,31)/t18-,19+/m1/s1. The number of nitrogens with one attached hydrogen (secondary N) is 2. The van der Waals surface area contributed by atoms with Crippen LogP contribution in [0.1, 0.15) is 62.0 Å². The molecule has 2 aromatic rings. The molecule has 0 heterocycles. The van der Waals surface area contributed by atoms with Gasteiger partial charge in [0.2, 0.25) is 5.91 Å². The van der Waals surface area contributed by atoms with Gasteiger partial charge in [0.1, 0.15) is 6.61 Å². The predicted octanol–water partition coefficient (Wildman–Crippen LogP) is 4.46. The molecular formula is C27H32N2O5. The minimum absolute atomic E-state index is 0.0177. The van der Waals surface area contributed by atoms with E-state index in [2.05, 4.69) is 34.9 Å². The number of amides is 2. The SMILES string of the molecule is O=C(O)CCCCNC(=O)[C@@H]1CCC[C@H](NC(=O)OCC2c3ccccc3-c3ccccc32)C1. The molecule has 2 aliphatic rings. The summed E-state index contributed by atoms with van der Waals surface area (Å²) in [5.74, 6) is -0.966. The lowest BCUT2D eigenvalue weighted by Gasteiger charge is -2.29. The topological polar surface area (TPSA) is 105 Å². The maximum atomic E-state index is 12.6. The summed E-state index contributed by atoms with van der Waals surface area (Å²) in [6.45, 7) is 0.750. The summed E-state index contributed by atoms with van der Waals surface area (Å²) in [7, 11) is 0. The Hall–Kier alpha value is -3.35. The Balaban J connectivity index is 1.24. The summed E-state index contributed by atoms with van der Waals surface area (Å²) < 4.78 is 5.65. The first-order chi connectivity index (χ1) is 16.5. The Morgan fingerprint density at radius 1 is 0.941 bits per heavy atom. The first kappa shape index (κ1) is 23.8. The van der Waals surface area contributed by atoms with Crippen LogP contribution in [0.25, 0.3) is 11.1 Å². The smallest absolute Gasteiger partial charge is 0.407 e. The van der Waals surface area contributed by atoms with Crippen LogP contribution in [0.5, 0.6) is 0 Å². The number of aliphatic carboxylic acids is 1. The zero-order chi connectivity index (χ0) is 23.9. The van der Waals surface area contributed by atoms with Crippen LogP contribution in [0.4, 0.5) is 4.79 Å². The largest absolute Gasteiger partial charge is 0.481 e. The lowest BCUT2D eigenvalue weighted by molar-refractivity contribution is -0.137. The van der Waals surface area contributed by atoms with Gasteiger partial charge in [-0.3, -0.25) is 9.59 Å². The Labute approximate surface area is 199 Å². The minimum Gasteiger partial charge on any atom is -0.481 e. The molecule has 2 amide bonds. The first-order valence-electron chi connectivity index (χ1n) is 12.1. The Morgan fingerprint density at radius 3 is 2.29 bits per heavy atom. The van der Waals surface area contributed by atoms with E-state index in [4.69, 9.17) is 9.84 Å². The monoisotopic (exact) mass is 464 g/mol. The van der Waals surface area contributed by atoms with Gasteiger partial charge >= 0.3 is 12.1 Å². The van der Waals surface area contributed by atoms with E-state index >= 15 is 0 Å². The summed E-state index contributed by atoms with van der Waals surface area (Å²) >= 11 is 0. The number of unbranched alkanes of at least 4 members (excludes halogenated alkanes) is 1. The van der Waals surface area contributed by atoms with Gasteiger partial charge in [0.05, 0.1) is 0 Å². The predicted molar refractivity (Wildman–Crippen MR) is 128 cm³/mol. The van der Waals surface area contributed by atoms with Crippen molar-refractivity contribution >= 4 is 18.0 Å². The first-order valence-corrected chi connectivity index (χ1v) is 12.1. The highest BCUT2D eigenvalue weighted by Crippen LogP contribution is 2.44. The van der Waals surface area contributed by atoms with E-state index in [0.717, 1.165) is 19.3 Å². The van der Waals surface area contributed by atoms with Crippen LogP contribution in [0, 0.1) is 5.92 Å². The van der Waals surface area contributed by atoms with Crippen molar-refractivity contribution in [2.75, 3.05) is 13.2 Å². The van der Waals surface area contributed by atoms with Crippen molar-refractivity contribution in [1.29, 1.82) is 0 Å². The third-order valence-corrected chi connectivity index (χ3v) is 6.83. The molecule has 2 aliphatic carbocycles. The number of alkyl carbamates (subject to hydrolysis) is 1. The van der Waals surface area contributed by atoms with Crippen LogP contribution in [0.15, 0.2) is 48.5 Å². The normalized spacial score (nSPS) is 19.1. The molecule has 0 bridgehead atoms. The molecule has 0 aliphatic heterocycles. The molecule has 3 N–H and O–H groups in total. The van der Waals surface area contributed by atoms with Crippen molar-refractivity contribution in [3.63, 3.8) is 0 Å². The number of carboxylic acids is 1. The van der Waals surface area contributed by atoms with Crippen molar-refractivity contribution in [1.82, 2.24) is 10.6 Å². The Bertz CT molecular complexity index is 992. The van der Waals surface area contributed by atoms with Gasteiger partial charge in [-0.15, -0.1) is 0 Å². The zero-order valence-corrected chi connectivity index (χ0v) is 19.3. The van der Waals surface area contributed by atoms with Crippen molar-refractivity contribution in [2.24, 2.45) is 5.92 Å². The number of benzene rings is 2. The van der Waals surface area contributed by atoms with Crippen molar-refractivity contribution in [2.45, 2.75) is 56.9 Å². The number of carbonyl (C=O) groups excluding carboxylic acids is 2. The van der Waals surface area contributed by atoms with E-state index < -0.39 is 12.1 Å². The van der Waals surface area contributed by atoms with Gasteiger partial charge in [-0.05, 0) is 54.4 Å². The van der Waals surface area contributed by atoms with E-state index in [1.165, 1.54) is 22.3 Å². The molecule has 0 aromatic heterocycles. The van der Waals surface area contributed by atoms with E-state index in [1.807, 2.05) is 24.3 Å². The zero-order valence-electron chi connectivity index (χ0n) is 19.3. The second kappa shape index (κ2) is 11.2. The molecule has 34 heavy (non-hydrogen) atoms. The molecule has 4 rings (SSSR count). The van der Waals surface area contributed by atoms with Crippen LogP contribution < -0.4 is 10.6 Å². The number of rotatable bonds is 9. The maximum Gasteiger partial charge on any atom is 0.407 e. The van der Waals surface area contributed by atoms with Crippen LogP contribution in [0.2, 0.25) is 0 Å². The lowest BCUT2D eigenvalue weighted by Crippen LogP contribution is -2.43. The molecule has 180 valence electrons. The fraction of sp³-hybridized carbons (Fsp3) is 0.444. The number of carboxylic acid groups (broad SMARTS) is 1. The highest BCUT2D eigenvalue weighted by molar-refractivity contribution is 5.80. The van der Waals surface area contributed by atoms with Crippen LogP contribution >= 0.6 is 0 Å². The molecule has 0 saturated heterocycles. The quantitative estimate of drug-likeness (QED) is 0.476. The molecule has 0 unspecified atom stereocenters. The Morgan fingerprint density at radius 2 is 1.62 bits per heavy atom. The molecule has 7 nitrogen and oxygen atoms in total. The van der Waals surface area contributed by atoms with Gasteiger partial charge in [-0.1, -0.05) is 55.0 Å². The molecular weight excluding hydrogens is 432 g/mol. The average molecular weight is 465 g/mol. The molecule has 7 heteroatoms. The summed E-state index contributed by atoms with van der Waals surface area (Å²) in [4.78, 5) is 35.6. The highest BCUT2D eigenvalue weighted by atomic mass is 16.5. The third kappa shape index (κ3) is 5.76. The second-order valence-corrected chi connectivity index (χ2v) is 9.17. The fourth-order valence-corrected chi connectivity index (χ4v) is 5.12. The number of hydrogen-bond donors (Lipinski definition) is 3. The lowest BCUT2D eigenvalue weighted by atomic mass is 9.85. The third-order valence-electron chi connectivity index (χ3n) is 6.83. The summed E-state index contributed by atoms with van der Waals surface area (Å²) in [6.07, 6.45) is 3.94. The minimum atomic E-state index is -0.819.